The molecule has 274 valence electrons. The van der Waals surface area contributed by atoms with Crippen molar-refractivity contribution >= 4 is 20.2 Å². The van der Waals surface area contributed by atoms with Crippen LogP contribution in [0.25, 0.3) is 0 Å². The minimum atomic E-state index is -4.21. The van der Waals surface area contributed by atoms with Crippen molar-refractivity contribution < 1.29 is 25.9 Å². The Morgan fingerprint density at radius 2 is 0.625 bits per heavy atom. The maximum atomic E-state index is 11.6. The summed E-state index contributed by atoms with van der Waals surface area (Å²) >= 11 is 0. The lowest BCUT2D eigenvalue weighted by Crippen LogP contribution is -2.04. The summed E-state index contributed by atoms with van der Waals surface area (Å²) in [6.07, 6.45) is 29.3. The van der Waals surface area contributed by atoms with Gasteiger partial charge in [-0.05, 0) is 72.9 Å². The van der Waals surface area contributed by atoms with Crippen molar-refractivity contribution in [2.45, 2.75) is 190 Å². The van der Waals surface area contributed by atoms with Gasteiger partial charge in [0, 0.05) is 0 Å². The first kappa shape index (κ1) is 42.4. The fraction of sp³-hybridized carbons (Fsp3) is 0.700. The molecule has 0 spiro atoms. The second-order valence-electron chi connectivity index (χ2n) is 14.0. The van der Waals surface area contributed by atoms with Gasteiger partial charge in [-0.25, -0.2) is 0 Å². The molecule has 0 amide bonds. The Hall–Kier alpha value is -1.74. The van der Waals surface area contributed by atoms with E-state index in [0.717, 1.165) is 62.5 Å². The summed E-state index contributed by atoms with van der Waals surface area (Å²) in [5, 5.41) is 0. The molecular weight excluding hydrogens is 641 g/mol. The minimum absolute atomic E-state index is 0.0626. The summed E-state index contributed by atoms with van der Waals surface area (Å²) < 4.78 is 65.4. The molecule has 2 rings (SSSR count). The molecule has 0 saturated carbocycles. The van der Waals surface area contributed by atoms with Gasteiger partial charge in [-0.3, -0.25) is 9.11 Å². The normalized spacial score (nSPS) is 13.5. The van der Waals surface area contributed by atoms with E-state index in [0.29, 0.717) is 11.8 Å². The lowest BCUT2D eigenvalue weighted by atomic mass is 9.85. The molecule has 2 atom stereocenters. The molecule has 0 saturated heterocycles. The predicted molar refractivity (Wildman–Crippen MR) is 200 cm³/mol. The van der Waals surface area contributed by atoms with E-state index in [1.165, 1.54) is 127 Å². The molecule has 0 fully saturated rings. The van der Waals surface area contributed by atoms with Crippen LogP contribution in [0, 0.1) is 0 Å². The molecule has 0 aliphatic heterocycles. The number of hydrogen-bond acceptors (Lipinski definition) is 4. The van der Waals surface area contributed by atoms with Gasteiger partial charge in [0.25, 0.3) is 20.2 Å². The predicted octanol–water partition coefficient (Wildman–Crippen LogP) is 12.4. The van der Waals surface area contributed by atoms with Crippen molar-refractivity contribution in [2.75, 3.05) is 0 Å². The molecule has 0 aliphatic carbocycles. The van der Waals surface area contributed by atoms with Crippen molar-refractivity contribution in [3.8, 4) is 0 Å². The molecule has 0 heterocycles. The van der Waals surface area contributed by atoms with E-state index in [2.05, 4.69) is 13.8 Å². The largest absolute Gasteiger partial charge is 0.294 e. The summed E-state index contributed by atoms with van der Waals surface area (Å²) in [6.45, 7) is 4.49. The maximum Gasteiger partial charge on any atom is 0.294 e. The lowest BCUT2D eigenvalue weighted by molar-refractivity contribution is 0.460. The standard InChI is InChI=1S/C40H66O6S2/c1-3-5-7-9-11-13-15-17-19-23-35(37-27-31-39(32-28-37)47(41,42)43)25-21-22-26-36(24-20-18-16-14-12-10-8-6-4-2)38-29-33-40(34-30-38)48(44,45)46/h27-36H,3-26H2,1-2H3,(H,41,42,43)(H,44,45,46). The van der Waals surface area contributed by atoms with Gasteiger partial charge in [0.2, 0.25) is 0 Å². The van der Waals surface area contributed by atoms with Crippen LogP contribution >= 0.6 is 0 Å². The Balaban J connectivity index is 1.95. The lowest BCUT2D eigenvalue weighted by Gasteiger charge is -2.20. The van der Waals surface area contributed by atoms with Gasteiger partial charge in [0.15, 0.2) is 0 Å². The Morgan fingerprint density at radius 3 is 0.875 bits per heavy atom. The molecule has 2 aromatic rings. The van der Waals surface area contributed by atoms with Gasteiger partial charge in [0.1, 0.15) is 0 Å². The zero-order valence-corrected chi connectivity index (χ0v) is 31.7. The molecule has 2 unspecified atom stereocenters. The van der Waals surface area contributed by atoms with Crippen molar-refractivity contribution in [3.63, 3.8) is 0 Å². The highest BCUT2D eigenvalue weighted by molar-refractivity contribution is 7.86. The molecule has 48 heavy (non-hydrogen) atoms. The van der Waals surface area contributed by atoms with Crippen LogP contribution in [0.5, 0.6) is 0 Å². The molecule has 0 bridgehead atoms. The molecule has 6 nitrogen and oxygen atoms in total. The van der Waals surface area contributed by atoms with Gasteiger partial charge in [0.05, 0.1) is 9.79 Å². The minimum Gasteiger partial charge on any atom is -0.282 e. The third-order valence-corrected chi connectivity index (χ3v) is 11.7. The Bertz CT molecular complexity index is 1200. The highest BCUT2D eigenvalue weighted by atomic mass is 32.2. The number of hydrogen-bond donors (Lipinski definition) is 2. The van der Waals surface area contributed by atoms with Gasteiger partial charge < -0.3 is 0 Å². The summed E-state index contributed by atoms with van der Waals surface area (Å²) in [4.78, 5) is -0.125. The van der Waals surface area contributed by atoms with E-state index >= 15 is 0 Å². The van der Waals surface area contributed by atoms with E-state index in [-0.39, 0.29) is 9.79 Å². The molecule has 0 aromatic heterocycles. The smallest absolute Gasteiger partial charge is 0.282 e. The zero-order valence-electron chi connectivity index (χ0n) is 30.1. The first-order valence-corrected chi connectivity index (χ1v) is 22.1. The number of unbranched alkanes of at least 4 members (excludes halogenated alkanes) is 17. The van der Waals surface area contributed by atoms with E-state index in [4.69, 9.17) is 0 Å². The van der Waals surface area contributed by atoms with Crippen LogP contribution < -0.4 is 0 Å². The third kappa shape index (κ3) is 18.3. The second kappa shape index (κ2) is 24.4. The van der Waals surface area contributed by atoms with Crippen molar-refractivity contribution in [1.82, 2.24) is 0 Å². The van der Waals surface area contributed by atoms with E-state index in [1.807, 2.05) is 24.3 Å². The second-order valence-corrected chi connectivity index (χ2v) is 16.8. The maximum absolute atomic E-state index is 11.6. The van der Waals surface area contributed by atoms with E-state index in [9.17, 15) is 25.9 Å². The van der Waals surface area contributed by atoms with Crippen LogP contribution in [0.1, 0.15) is 191 Å². The van der Waals surface area contributed by atoms with Crippen LogP contribution in [0.4, 0.5) is 0 Å². The molecule has 8 heteroatoms. The van der Waals surface area contributed by atoms with Gasteiger partial charge >= 0.3 is 0 Å². The molecular formula is C40H66O6S2. The van der Waals surface area contributed by atoms with E-state index < -0.39 is 20.2 Å². The van der Waals surface area contributed by atoms with Crippen LogP contribution in [0.3, 0.4) is 0 Å². The molecule has 2 N–H and O–H groups in total. The Kier molecular flexibility index (Phi) is 21.6. The van der Waals surface area contributed by atoms with Crippen molar-refractivity contribution in [3.05, 3.63) is 59.7 Å². The highest BCUT2D eigenvalue weighted by Gasteiger charge is 2.17. The highest BCUT2D eigenvalue weighted by Crippen LogP contribution is 2.33. The van der Waals surface area contributed by atoms with Crippen LogP contribution in [0.2, 0.25) is 0 Å². The van der Waals surface area contributed by atoms with Crippen LogP contribution in [-0.2, 0) is 20.2 Å². The number of benzene rings is 2. The Labute approximate surface area is 294 Å². The Morgan fingerprint density at radius 1 is 0.396 bits per heavy atom. The quantitative estimate of drug-likeness (QED) is 0.0644. The monoisotopic (exact) mass is 706 g/mol. The zero-order chi connectivity index (χ0) is 35.1. The average Bonchev–Trinajstić information content (AvgIpc) is 3.06. The summed E-state index contributed by atoms with van der Waals surface area (Å²) in [5.41, 5.74) is 2.27. The third-order valence-electron chi connectivity index (χ3n) is 9.97. The first-order chi connectivity index (χ1) is 23.1. The van der Waals surface area contributed by atoms with Gasteiger partial charge in [-0.1, -0.05) is 167 Å². The van der Waals surface area contributed by atoms with Crippen LogP contribution in [0.15, 0.2) is 58.3 Å². The van der Waals surface area contributed by atoms with Gasteiger partial charge in [-0.15, -0.1) is 0 Å². The summed E-state index contributed by atoms with van der Waals surface area (Å²) in [6, 6.07) is 13.5. The molecule has 0 radical (unpaired) electrons. The topological polar surface area (TPSA) is 109 Å². The van der Waals surface area contributed by atoms with Crippen LogP contribution in [-0.4, -0.2) is 25.9 Å². The van der Waals surface area contributed by atoms with E-state index in [1.54, 1.807) is 0 Å². The SMILES string of the molecule is CCCCCCCCCCCC(CCCCC(CCCCCCCCCCC)c1ccc(S(=O)(=O)O)cc1)c1ccc(S(=O)(=O)O)cc1. The number of rotatable bonds is 29. The van der Waals surface area contributed by atoms with Crippen molar-refractivity contribution in [2.24, 2.45) is 0 Å². The summed E-state index contributed by atoms with van der Waals surface area (Å²) in [5.74, 6) is 0.685. The first-order valence-electron chi connectivity index (χ1n) is 19.2. The molecule has 0 aliphatic rings. The molecule has 2 aromatic carbocycles. The van der Waals surface area contributed by atoms with Gasteiger partial charge in [-0.2, -0.15) is 16.8 Å². The average molecular weight is 707 g/mol. The summed E-state index contributed by atoms with van der Waals surface area (Å²) in [7, 11) is -8.43. The van der Waals surface area contributed by atoms with Crippen molar-refractivity contribution in [1.29, 1.82) is 0 Å². The fourth-order valence-corrected chi connectivity index (χ4v) is 7.92. The fourth-order valence-electron chi connectivity index (χ4n) is 6.96.